The lowest BCUT2D eigenvalue weighted by molar-refractivity contribution is 0.806. The van der Waals surface area contributed by atoms with Gasteiger partial charge in [-0.2, -0.15) is 0 Å². The van der Waals surface area contributed by atoms with Gasteiger partial charge in [0.1, 0.15) is 0 Å². The maximum absolute atomic E-state index is 2.26. The monoisotopic (exact) mass is 230 g/mol. The zero-order valence-corrected chi connectivity index (χ0v) is 11.0. The highest BCUT2D eigenvalue weighted by atomic mass is 32.2. The van der Waals surface area contributed by atoms with Crippen LogP contribution >= 0.6 is 11.8 Å². The van der Waals surface area contributed by atoms with Gasteiger partial charge in [0.25, 0.3) is 0 Å². The van der Waals surface area contributed by atoms with Gasteiger partial charge in [0.15, 0.2) is 0 Å². The van der Waals surface area contributed by atoms with Crippen LogP contribution in [-0.2, 0) is 0 Å². The molecule has 0 aromatic carbocycles. The molecule has 0 saturated heterocycles. The maximum Gasteiger partial charge on any atom is 0.0122 e. The van der Waals surface area contributed by atoms with E-state index in [0.29, 0.717) is 0 Å². The summed E-state index contributed by atoms with van der Waals surface area (Å²) in [5, 5.41) is 0. The fourth-order valence-electron chi connectivity index (χ4n) is 1.77. The molecule has 1 heteroatoms. The summed E-state index contributed by atoms with van der Waals surface area (Å²) >= 11 is 1.95. The molecule has 0 saturated carbocycles. The molecule has 0 heterocycles. The standard InChI is InChI=1S/C15H18S/c1-15(2,3)16-14-10-6-8-12-7-4-5-9-13(14)11-12/h4-10H,11H2,1-3H3. The van der Waals surface area contributed by atoms with Crippen molar-refractivity contribution >= 4 is 11.8 Å². The van der Waals surface area contributed by atoms with E-state index in [4.69, 9.17) is 0 Å². The molecule has 2 rings (SSSR count). The first kappa shape index (κ1) is 11.5. The number of rotatable bonds is 1. The van der Waals surface area contributed by atoms with Crippen molar-refractivity contribution in [3.8, 4) is 0 Å². The summed E-state index contributed by atoms with van der Waals surface area (Å²) in [6, 6.07) is 0. The lowest BCUT2D eigenvalue weighted by atomic mass is 10.1. The number of fused-ring (bicyclic) bond motifs is 2. The minimum absolute atomic E-state index is 0.269. The first-order valence-corrected chi connectivity index (χ1v) is 6.50. The van der Waals surface area contributed by atoms with Crippen molar-refractivity contribution in [1.82, 2.24) is 0 Å². The molecule has 0 aliphatic heterocycles. The summed E-state index contributed by atoms with van der Waals surface area (Å²) in [5.74, 6) is 0. The Bertz CT molecular complexity index is 423. The lowest BCUT2D eigenvalue weighted by Gasteiger charge is -2.21. The van der Waals surface area contributed by atoms with Crippen LogP contribution in [0.2, 0.25) is 0 Å². The Hall–Kier alpha value is -0.950. The number of hydrogen-bond donors (Lipinski definition) is 0. The predicted octanol–water partition coefficient (Wildman–Crippen LogP) is 4.78. The van der Waals surface area contributed by atoms with E-state index in [2.05, 4.69) is 63.3 Å². The van der Waals surface area contributed by atoms with Gasteiger partial charge >= 0.3 is 0 Å². The molecule has 0 spiro atoms. The van der Waals surface area contributed by atoms with E-state index in [-0.39, 0.29) is 4.75 Å². The van der Waals surface area contributed by atoms with Gasteiger partial charge in [0.2, 0.25) is 0 Å². The van der Waals surface area contributed by atoms with Gasteiger partial charge in [-0.1, -0.05) is 57.2 Å². The van der Waals surface area contributed by atoms with Crippen molar-refractivity contribution in [2.75, 3.05) is 0 Å². The average Bonchev–Trinajstić information content (AvgIpc) is 2.49. The second-order valence-electron chi connectivity index (χ2n) is 5.10. The molecule has 2 aliphatic rings. The second kappa shape index (κ2) is 4.50. The number of allylic oxidation sites excluding steroid dienone is 9. The zero-order valence-electron chi connectivity index (χ0n) is 10.2. The van der Waals surface area contributed by atoms with Gasteiger partial charge in [-0.25, -0.2) is 0 Å². The lowest BCUT2D eigenvalue weighted by Crippen LogP contribution is -2.08. The Balaban J connectivity index is 2.30. The van der Waals surface area contributed by atoms with Crippen molar-refractivity contribution in [2.24, 2.45) is 0 Å². The van der Waals surface area contributed by atoms with Crippen LogP contribution in [0.1, 0.15) is 27.2 Å². The molecule has 0 atom stereocenters. The van der Waals surface area contributed by atoms with E-state index < -0.39 is 0 Å². The smallest absolute Gasteiger partial charge is 0.0122 e. The van der Waals surface area contributed by atoms with E-state index in [1.807, 2.05) is 11.8 Å². The van der Waals surface area contributed by atoms with Crippen molar-refractivity contribution in [3.63, 3.8) is 0 Å². The van der Waals surface area contributed by atoms with E-state index in [0.717, 1.165) is 6.42 Å². The third kappa shape index (κ3) is 3.02. The van der Waals surface area contributed by atoms with E-state index >= 15 is 0 Å². The topological polar surface area (TPSA) is 0 Å². The van der Waals surface area contributed by atoms with Gasteiger partial charge < -0.3 is 0 Å². The maximum atomic E-state index is 2.26. The molecule has 0 unspecified atom stereocenters. The van der Waals surface area contributed by atoms with Gasteiger partial charge in [0.05, 0.1) is 0 Å². The molecular weight excluding hydrogens is 212 g/mol. The summed E-state index contributed by atoms with van der Waals surface area (Å²) in [6.07, 6.45) is 16.4. The Morgan fingerprint density at radius 2 is 1.75 bits per heavy atom. The number of thioether (sulfide) groups is 1. The van der Waals surface area contributed by atoms with Crippen LogP contribution in [0.15, 0.2) is 58.6 Å². The normalized spacial score (nSPS) is 19.6. The molecule has 0 aromatic rings. The molecule has 2 aliphatic carbocycles. The molecular formula is C15H18S. The van der Waals surface area contributed by atoms with Crippen LogP contribution in [0.5, 0.6) is 0 Å². The van der Waals surface area contributed by atoms with Crippen molar-refractivity contribution < 1.29 is 0 Å². The Labute approximate surface area is 103 Å². The van der Waals surface area contributed by atoms with Gasteiger partial charge in [0, 0.05) is 9.65 Å². The van der Waals surface area contributed by atoms with Gasteiger partial charge in [-0.15, -0.1) is 11.8 Å². The molecule has 0 fully saturated rings. The van der Waals surface area contributed by atoms with Gasteiger partial charge in [-0.3, -0.25) is 0 Å². The van der Waals surface area contributed by atoms with Crippen molar-refractivity contribution in [3.05, 3.63) is 58.6 Å². The Morgan fingerprint density at radius 3 is 2.50 bits per heavy atom. The summed E-state index contributed by atoms with van der Waals surface area (Å²) in [4.78, 5) is 1.40. The molecule has 0 nitrogen and oxygen atoms in total. The van der Waals surface area contributed by atoms with Crippen LogP contribution in [0.3, 0.4) is 0 Å². The highest BCUT2D eigenvalue weighted by Gasteiger charge is 2.18. The largest absolute Gasteiger partial charge is 0.120 e. The quantitative estimate of drug-likeness (QED) is 0.624. The third-order valence-corrected chi connectivity index (χ3v) is 3.63. The van der Waals surface area contributed by atoms with Crippen molar-refractivity contribution in [2.45, 2.75) is 31.9 Å². The Kier molecular flexibility index (Phi) is 3.25. The SMILES string of the molecule is CC(C)(C)SC1=CC=CC2=CC=CC=C1C2. The van der Waals surface area contributed by atoms with Crippen LogP contribution in [0, 0.1) is 0 Å². The zero-order chi connectivity index (χ0) is 11.6. The summed E-state index contributed by atoms with van der Waals surface area (Å²) in [7, 11) is 0. The molecule has 0 N–H and O–H groups in total. The Morgan fingerprint density at radius 1 is 1.00 bits per heavy atom. The van der Waals surface area contributed by atoms with Crippen LogP contribution in [0.4, 0.5) is 0 Å². The highest BCUT2D eigenvalue weighted by molar-refractivity contribution is 8.04. The minimum Gasteiger partial charge on any atom is -0.120 e. The van der Waals surface area contributed by atoms with Crippen LogP contribution < -0.4 is 0 Å². The molecule has 16 heavy (non-hydrogen) atoms. The number of hydrogen-bond acceptors (Lipinski definition) is 1. The summed E-state index contributed by atoms with van der Waals surface area (Å²) in [6.45, 7) is 6.78. The van der Waals surface area contributed by atoms with Crippen LogP contribution in [-0.4, -0.2) is 4.75 Å². The molecule has 0 aromatic heterocycles. The molecule has 2 bridgehead atoms. The van der Waals surface area contributed by atoms with E-state index in [1.54, 1.807) is 0 Å². The van der Waals surface area contributed by atoms with E-state index in [1.165, 1.54) is 16.1 Å². The second-order valence-corrected chi connectivity index (χ2v) is 6.97. The summed E-state index contributed by atoms with van der Waals surface area (Å²) in [5.41, 5.74) is 2.82. The fourth-order valence-corrected chi connectivity index (χ4v) is 2.85. The average molecular weight is 230 g/mol. The van der Waals surface area contributed by atoms with Crippen LogP contribution in [0.25, 0.3) is 0 Å². The first-order valence-electron chi connectivity index (χ1n) is 5.69. The minimum atomic E-state index is 0.269. The predicted molar refractivity (Wildman–Crippen MR) is 74.5 cm³/mol. The molecule has 0 amide bonds. The third-order valence-electron chi connectivity index (χ3n) is 2.40. The van der Waals surface area contributed by atoms with Gasteiger partial charge in [-0.05, 0) is 23.6 Å². The van der Waals surface area contributed by atoms with Crippen molar-refractivity contribution in [1.29, 1.82) is 0 Å². The highest BCUT2D eigenvalue weighted by Crippen LogP contribution is 2.39. The molecule has 0 radical (unpaired) electrons. The van der Waals surface area contributed by atoms with E-state index in [9.17, 15) is 0 Å². The molecule has 84 valence electrons. The first-order chi connectivity index (χ1) is 7.54. The summed E-state index contributed by atoms with van der Waals surface area (Å²) < 4.78 is 0.269. The fraction of sp³-hybridized carbons (Fsp3) is 0.333.